The van der Waals surface area contributed by atoms with E-state index in [4.69, 9.17) is 4.74 Å². The molecule has 3 nitrogen and oxygen atoms in total. The fraction of sp³-hybridized carbons (Fsp3) is 0.500. The van der Waals surface area contributed by atoms with E-state index in [0.29, 0.717) is 0 Å². The Kier molecular flexibility index (Phi) is 4.71. The molecule has 114 valence electrons. The van der Waals surface area contributed by atoms with Crippen molar-refractivity contribution in [3.63, 3.8) is 0 Å². The Balaban J connectivity index is 2.16. The zero-order valence-electron chi connectivity index (χ0n) is 13.3. The molecule has 1 aromatic rings. The molecule has 0 radical (unpaired) electrons. The van der Waals surface area contributed by atoms with Crippen molar-refractivity contribution < 1.29 is 9.53 Å². The first-order chi connectivity index (χ1) is 9.88. The van der Waals surface area contributed by atoms with E-state index in [1.54, 1.807) is 0 Å². The third-order valence-corrected chi connectivity index (χ3v) is 3.68. The minimum atomic E-state index is -0.465. The topological polar surface area (TPSA) is 29.5 Å². The second-order valence-corrected chi connectivity index (χ2v) is 6.58. The molecule has 1 saturated heterocycles. The van der Waals surface area contributed by atoms with Crippen molar-refractivity contribution in [2.75, 3.05) is 6.54 Å². The minimum absolute atomic E-state index is 0.0380. The van der Waals surface area contributed by atoms with Crippen LogP contribution in [0.2, 0.25) is 0 Å². The normalized spacial score (nSPS) is 19.2. The maximum absolute atomic E-state index is 12.4. The molecule has 1 unspecified atom stereocenters. The van der Waals surface area contributed by atoms with Crippen LogP contribution in [0.25, 0.3) is 5.57 Å². The van der Waals surface area contributed by atoms with Crippen molar-refractivity contribution in [3.05, 3.63) is 42.5 Å². The number of nitrogens with zero attached hydrogens (tertiary/aromatic N) is 1. The molecule has 3 heteroatoms. The molecule has 0 N–H and O–H groups in total. The van der Waals surface area contributed by atoms with Gasteiger partial charge in [0.05, 0.1) is 6.04 Å². The molecule has 21 heavy (non-hydrogen) atoms. The average molecular weight is 287 g/mol. The molecule has 0 bridgehead atoms. The monoisotopic (exact) mass is 287 g/mol. The maximum atomic E-state index is 12.4. The minimum Gasteiger partial charge on any atom is -0.444 e. The summed E-state index contributed by atoms with van der Waals surface area (Å²) in [6.45, 7) is 10.7. The molecule has 1 aliphatic heterocycles. The molecule has 1 aromatic carbocycles. The predicted molar refractivity (Wildman–Crippen MR) is 86.1 cm³/mol. The average Bonchev–Trinajstić information content (AvgIpc) is 2.45. The second kappa shape index (κ2) is 6.33. The molecule has 1 atom stereocenters. The highest BCUT2D eigenvalue weighted by atomic mass is 16.6. The van der Waals surface area contributed by atoms with Gasteiger partial charge in [0.2, 0.25) is 0 Å². The van der Waals surface area contributed by atoms with Crippen molar-refractivity contribution in [1.29, 1.82) is 0 Å². The summed E-state index contributed by atoms with van der Waals surface area (Å²) in [7, 11) is 0. The quantitative estimate of drug-likeness (QED) is 0.802. The summed E-state index contributed by atoms with van der Waals surface area (Å²) in [6, 6.07) is 10.1. The van der Waals surface area contributed by atoms with E-state index in [2.05, 4.69) is 6.58 Å². The number of carbonyl (C=O) groups excluding carboxylic acids is 1. The summed E-state index contributed by atoms with van der Waals surface area (Å²) in [6.07, 6.45) is 2.87. The molecule has 0 aromatic heterocycles. The Hall–Kier alpha value is -1.77. The number of carbonyl (C=O) groups is 1. The lowest BCUT2D eigenvalue weighted by Crippen LogP contribution is -2.46. The number of hydrogen-bond donors (Lipinski definition) is 0. The number of ether oxygens (including phenoxy) is 1. The van der Waals surface area contributed by atoms with Crippen molar-refractivity contribution in [1.82, 2.24) is 4.90 Å². The summed E-state index contributed by atoms with van der Waals surface area (Å²) in [4.78, 5) is 14.3. The Labute approximate surface area is 127 Å². The van der Waals surface area contributed by atoms with E-state index in [-0.39, 0.29) is 12.1 Å². The van der Waals surface area contributed by atoms with Gasteiger partial charge in [0, 0.05) is 6.54 Å². The molecule has 1 amide bonds. The lowest BCUT2D eigenvalue weighted by molar-refractivity contribution is 0.0159. The first kappa shape index (κ1) is 15.6. The molecule has 0 saturated carbocycles. The number of benzene rings is 1. The van der Waals surface area contributed by atoms with Crippen LogP contribution in [0.5, 0.6) is 0 Å². The van der Waals surface area contributed by atoms with E-state index in [0.717, 1.165) is 36.9 Å². The highest BCUT2D eigenvalue weighted by molar-refractivity contribution is 5.75. The van der Waals surface area contributed by atoms with Crippen molar-refractivity contribution in [3.8, 4) is 0 Å². The van der Waals surface area contributed by atoms with Gasteiger partial charge in [0.15, 0.2) is 0 Å². The lowest BCUT2D eigenvalue weighted by Gasteiger charge is -2.37. The van der Waals surface area contributed by atoms with Crippen molar-refractivity contribution in [2.45, 2.75) is 51.7 Å². The largest absolute Gasteiger partial charge is 0.444 e. The number of hydrogen-bond acceptors (Lipinski definition) is 2. The van der Waals surface area contributed by atoms with Crippen molar-refractivity contribution in [2.24, 2.45) is 0 Å². The van der Waals surface area contributed by atoms with Crippen LogP contribution in [0.4, 0.5) is 4.79 Å². The third kappa shape index (κ3) is 4.10. The number of piperidine rings is 1. The first-order valence-electron chi connectivity index (χ1n) is 7.62. The molecule has 1 heterocycles. The lowest BCUT2D eigenvalue weighted by atomic mass is 9.92. The van der Waals surface area contributed by atoms with Gasteiger partial charge in [-0.1, -0.05) is 36.9 Å². The fourth-order valence-electron chi connectivity index (χ4n) is 2.68. The summed E-state index contributed by atoms with van der Waals surface area (Å²) in [5, 5.41) is 0. The second-order valence-electron chi connectivity index (χ2n) is 6.58. The van der Waals surface area contributed by atoms with Crippen LogP contribution in [-0.2, 0) is 4.74 Å². The Morgan fingerprint density at radius 3 is 2.52 bits per heavy atom. The Morgan fingerprint density at radius 1 is 1.24 bits per heavy atom. The van der Waals surface area contributed by atoms with E-state index in [1.165, 1.54) is 0 Å². The van der Waals surface area contributed by atoms with Crippen LogP contribution in [0.3, 0.4) is 0 Å². The van der Waals surface area contributed by atoms with Gasteiger partial charge in [0.1, 0.15) is 5.60 Å². The standard InChI is InChI=1S/C18H25NO2/c1-14(15-10-6-5-7-11-15)16-12-8-9-13-19(16)17(20)21-18(2,3)4/h5-7,10-11,16H,1,8-9,12-13H2,2-4H3. The van der Waals surface area contributed by atoms with Crippen molar-refractivity contribution >= 4 is 11.7 Å². The zero-order valence-corrected chi connectivity index (χ0v) is 13.3. The highest BCUT2D eigenvalue weighted by Gasteiger charge is 2.32. The van der Waals surface area contributed by atoms with Gasteiger partial charge >= 0.3 is 6.09 Å². The van der Waals surface area contributed by atoms with Crippen LogP contribution in [-0.4, -0.2) is 29.2 Å². The predicted octanol–water partition coefficient (Wildman–Crippen LogP) is 4.49. The summed E-state index contributed by atoms with van der Waals surface area (Å²) in [5.41, 5.74) is 1.63. The molecule has 2 rings (SSSR count). The van der Waals surface area contributed by atoms with E-state index < -0.39 is 5.60 Å². The van der Waals surface area contributed by atoms with Gasteiger partial charge in [-0.2, -0.15) is 0 Å². The van der Waals surface area contributed by atoms with Gasteiger partial charge in [-0.05, 0) is 51.2 Å². The van der Waals surface area contributed by atoms with Crippen LogP contribution in [0.15, 0.2) is 36.9 Å². The number of rotatable bonds is 2. The highest BCUT2D eigenvalue weighted by Crippen LogP contribution is 2.29. The SMILES string of the molecule is C=C(c1ccccc1)C1CCCCN1C(=O)OC(C)(C)C. The van der Waals surface area contributed by atoms with E-state index in [9.17, 15) is 4.79 Å². The van der Waals surface area contributed by atoms with Gasteiger partial charge in [-0.25, -0.2) is 4.79 Å². The van der Waals surface area contributed by atoms with Crippen LogP contribution in [0.1, 0.15) is 45.6 Å². The third-order valence-electron chi connectivity index (χ3n) is 3.68. The smallest absolute Gasteiger partial charge is 0.410 e. The first-order valence-corrected chi connectivity index (χ1v) is 7.62. The fourth-order valence-corrected chi connectivity index (χ4v) is 2.68. The summed E-state index contributed by atoms with van der Waals surface area (Å²) in [5.74, 6) is 0. The van der Waals surface area contributed by atoms with E-state index in [1.807, 2.05) is 56.0 Å². The number of likely N-dealkylation sites (tertiary alicyclic amines) is 1. The molecule has 1 fully saturated rings. The molecular weight excluding hydrogens is 262 g/mol. The van der Waals surface area contributed by atoms with E-state index >= 15 is 0 Å². The summed E-state index contributed by atoms with van der Waals surface area (Å²) < 4.78 is 5.54. The van der Waals surface area contributed by atoms with Gasteiger partial charge < -0.3 is 9.64 Å². The van der Waals surface area contributed by atoms with Crippen LogP contribution < -0.4 is 0 Å². The Bertz CT molecular complexity index is 502. The van der Waals surface area contributed by atoms with Gasteiger partial charge in [-0.3, -0.25) is 0 Å². The maximum Gasteiger partial charge on any atom is 0.410 e. The summed E-state index contributed by atoms with van der Waals surface area (Å²) >= 11 is 0. The van der Waals surface area contributed by atoms with Gasteiger partial charge in [-0.15, -0.1) is 0 Å². The zero-order chi connectivity index (χ0) is 15.5. The van der Waals surface area contributed by atoms with Gasteiger partial charge in [0.25, 0.3) is 0 Å². The van der Waals surface area contributed by atoms with Crippen LogP contribution in [0, 0.1) is 0 Å². The molecule has 0 spiro atoms. The molecule has 0 aliphatic carbocycles. The number of amides is 1. The Morgan fingerprint density at radius 2 is 1.90 bits per heavy atom. The molecular formula is C18H25NO2. The van der Waals surface area contributed by atoms with Crippen LogP contribution >= 0.6 is 0 Å². The molecule has 1 aliphatic rings.